The first-order chi connectivity index (χ1) is 15.6. The van der Waals surface area contributed by atoms with Crippen molar-refractivity contribution in [2.75, 3.05) is 5.73 Å². The van der Waals surface area contributed by atoms with Crippen LogP contribution in [0.15, 0.2) is 67.0 Å². The van der Waals surface area contributed by atoms with E-state index in [0.29, 0.717) is 24.8 Å². The molecule has 7 nitrogen and oxygen atoms in total. The minimum atomic E-state index is -0.247. The van der Waals surface area contributed by atoms with Gasteiger partial charge in [-0.1, -0.05) is 42.5 Å². The third kappa shape index (κ3) is 3.89. The first-order valence-corrected chi connectivity index (χ1v) is 10.8. The first kappa shape index (κ1) is 20.1. The number of nitrogen functional groups attached to an aromatic ring is 1. The lowest BCUT2D eigenvalue weighted by Crippen LogP contribution is -2.28. The second-order valence-corrected chi connectivity index (χ2v) is 8.36. The first-order valence-electron chi connectivity index (χ1n) is 10.8. The molecule has 162 valence electrons. The van der Waals surface area contributed by atoms with Gasteiger partial charge in [0.2, 0.25) is 5.91 Å². The number of nitrogens with two attached hydrogens (primary N) is 2. The molecular formula is C25H25N5O2. The number of imidazole rings is 1. The van der Waals surface area contributed by atoms with Crippen LogP contribution < -0.4 is 16.2 Å². The molecule has 2 aromatic heterocycles. The van der Waals surface area contributed by atoms with E-state index in [1.807, 2.05) is 65.2 Å². The molecule has 1 aliphatic carbocycles. The third-order valence-electron chi connectivity index (χ3n) is 6.06. The topological polar surface area (TPSA) is 109 Å². The number of aromatic nitrogens is 3. The quantitative estimate of drug-likeness (QED) is 0.465. The van der Waals surface area contributed by atoms with Crippen molar-refractivity contribution in [3.05, 3.63) is 78.4 Å². The average molecular weight is 428 g/mol. The van der Waals surface area contributed by atoms with E-state index < -0.39 is 0 Å². The monoisotopic (exact) mass is 427 g/mol. The number of hydrogen-bond donors (Lipinski definition) is 2. The number of rotatable bonds is 7. The lowest BCUT2D eigenvalue weighted by Gasteiger charge is -2.33. The number of carbonyl (C=O) groups excluding carboxylic acids is 1. The molecule has 4 aromatic rings. The second kappa shape index (κ2) is 8.34. The Morgan fingerprint density at radius 3 is 2.72 bits per heavy atom. The smallest absolute Gasteiger partial charge is 0.217 e. The van der Waals surface area contributed by atoms with Gasteiger partial charge in [0, 0.05) is 30.3 Å². The van der Waals surface area contributed by atoms with Gasteiger partial charge in [-0.15, -0.1) is 0 Å². The highest BCUT2D eigenvalue weighted by atomic mass is 16.5. The minimum absolute atomic E-state index is 0.247. The van der Waals surface area contributed by atoms with Gasteiger partial charge in [0.1, 0.15) is 35.2 Å². The number of hydrogen-bond acceptors (Lipinski definition) is 5. The van der Waals surface area contributed by atoms with Gasteiger partial charge in [0.15, 0.2) is 0 Å². The maximum absolute atomic E-state index is 11.2. The number of ether oxygens (including phenoxy) is 1. The molecule has 7 heteroatoms. The second-order valence-electron chi connectivity index (χ2n) is 8.36. The van der Waals surface area contributed by atoms with Crippen LogP contribution in [0.4, 0.5) is 5.82 Å². The number of carbonyl (C=O) groups is 1. The van der Waals surface area contributed by atoms with Crippen LogP contribution in [-0.4, -0.2) is 20.3 Å². The molecule has 0 saturated heterocycles. The van der Waals surface area contributed by atoms with E-state index in [1.165, 1.54) is 0 Å². The van der Waals surface area contributed by atoms with E-state index in [9.17, 15) is 4.79 Å². The van der Waals surface area contributed by atoms with Crippen LogP contribution in [0.2, 0.25) is 0 Å². The van der Waals surface area contributed by atoms with Gasteiger partial charge >= 0.3 is 0 Å². The van der Waals surface area contributed by atoms with Crippen LogP contribution in [0, 0.1) is 5.92 Å². The maximum Gasteiger partial charge on any atom is 0.217 e. The molecular weight excluding hydrogens is 402 g/mol. The Hall–Kier alpha value is -3.87. The molecule has 2 aromatic carbocycles. The molecule has 4 N–H and O–H groups in total. The summed E-state index contributed by atoms with van der Waals surface area (Å²) in [6, 6.07) is 17.9. The van der Waals surface area contributed by atoms with Crippen LogP contribution in [0.25, 0.3) is 16.8 Å². The zero-order valence-electron chi connectivity index (χ0n) is 17.6. The zero-order valence-corrected chi connectivity index (χ0v) is 17.6. The van der Waals surface area contributed by atoms with Gasteiger partial charge in [-0.2, -0.15) is 0 Å². The Labute approximate surface area is 186 Å². The summed E-state index contributed by atoms with van der Waals surface area (Å²) in [5.41, 5.74) is 15.2. The van der Waals surface area contributed by atoms with E-state index in [0.717, 1.165) is 46.8 Å². The molecule has 5 rings (SSSR count). The predicted octanol–water partition coefficient (Wildman–Crippen LogP) is 3.93. The fourth-order valence-electron chi connectivity index (χ4n) is 4.45. The summed E-state index contributed by atoms with van der Waals surface area (Å²) >= 11 is 0. The van der Waals surface area contributed by atoms with Gasteiger partial charge < -0.3 is 16.2 Å². The molecule has 0 aliphatic heterocycles. The third-order valence-corrected chi connectivity index (χ3v) is 6.06. The maximum atomic E-state index is 11.2. The van der Waals surface area contributed by atoms with E-state index >= 15 is 0 Å². The molecule has 0 radical (unpaired) electrons. The summed E-state index contributed by atoms with van der Waals surface area (Å²) in [7, 11) is 0. The predicted molar refractivity (Wildman–Crippen MR) is 123 cm³/mol. The van der Waals surface area contributed by atoms with E-state index in [1.54, 1.807) is 6.20 Å². The lowest BCUT2D eigenvalue weighted by molar-refractivity contribution is -0.119. The van der Waals surface area contributed by atoms with E-state index in [4.69, 9.17) is 21.2 Å². The van der Waals surface area contributed by atoms with Crippen molar-refractivity contribution in [3.63, 3.8) is 0 Å². The minimum Gasteiger partial charge on any atom is -0.489 e. The van der Waals surface area contributed by atoms with Gasteiger partial charge in [-0.3, -0.25) is 9.20 Å². The van der Waals surface area contributed by atoms with Crippen molar-refractivity contribution >= 4 is 17.2 Å². The van der Waals surface area contributed by atoms with Gasteiger partial charge in [-0.05, 0) is 36.5 Å². The molecule has 2 heterocycles. The molecule has 0 spiro atoms. The van der Waals surface area contributed by atoms with Gasteiger partial charge in [0.05, 0.1) is 0 Å². The molecule has 1 aliphatic rings. The number of fused-ring (bicyclic) bond motifs is 1. The van der Waals surface area contributed by atoms with Crippen molar-refractivity contribution in [1.29, 1.82) is 0 Å². The summed E-state index contributed by atoms with van der Waals surface area (Å²) in [5, 5.41) is 0. The Morgan fingerprint density at radius 1 is 1.12 bits per heavy atom. The largest absolute Gasteiger partial charge is 0.489 e. The van der Waals surface area contributed by atoms with Crippen molar-refractivity contribution in [2.45, 2.75) is 31.8 Å². The molecule has 1 amide bonds. The van der Waals surface area contributed by atoms with Crippen molar-refractivity contribution in [3.8, 4) is 17.0 Å². The lowest BCUT2D eigenvalue weighted by atomic mass is 9.72. The normalized spacial score (nSPS) is 17.8. The molecule has 0 atom stereocenters. The zero-order chi connectivity index (χ0) is 22.1. The number of anilines is 1. The Balaban J connectivity index is 1.45. The van der Waals surface area contributed by atoms with Gasteiger partial charge in [-0.25, -0.2) is 9.97 Å². The summed E-state index contributed by atoms with van der Waals surface area (Å²) in [6.07, 6.45) is 5.80. The van der Waals surface area contributed by atoms with Crippen LogP contribution in [0.1, 0.15) is 36.6 Å². The van der Waals surface area contributed by atoms with Crippen molar-refractivity contribution in [1.82, 2.24) is 14.4 Å². The number of amides is 1. The van der Waals surface area contributed by atoms with E-state index in [2.05, 4.69) is 4.98 Å². The Kier molecular flexibility index (Phi) is 5.23. The molecule has 0 bridgehead atoms. The Morgan fingerprint density at radius 2 is 1.94 bits per heavy atom. The highest BCUT2D eigenvalue weighted by Gasteiger charge is 2.35. The summed E-state index contributed by atoms with van der Waals surface area (Å²) in [4.78, 5) is 20.5. The van der Waals surface area contributed by atoms with E-state index in [-0.39, 0.29) is 11.8 Å². The molecule has 0 unspecified atom stereocenters. The van der Waals surface area contributed by atoms with Crippen molar-refractivity contribution in [2.24, 2.45) is 11.7 Å². The summed E-state index contributed by atoms with van der Waals surface area (Å²) < 4.78 is 8.04. The molecule has 32 heavy (non-hydrogen) atoms. The Bertz CT molecular complexity index is 1260. The van der Waals surface area contributed by atoms with Gasteiger partial charge in [0.25, 0.3) is 0 Å². The number of nitrogens with zero attached hydrogens (tertiary/aromatic N) is 3. The van der Waals surface area contributed by atoms with Crippen LogP contribution in [0.5, 0.6) is 5.75 Å². The highest BCUT2D eigenvalue weighted by molar-refractivity contribution is 5.85. The highest BCUT2D eigenvalue weighted by Crippen LogP contribution is 2.44. The summed E-state index contributed by atoms with van der Waals surface area (Å²) in [5.74, 6) is 2.48. The fourth-order valence-corrected chi connectivity index (χ4v) is 4.45. The number of primary amides is 1. The standard InChI is InChI=1S/C25H25N5O2/c26-21(31)13-17-11-19(12-17)25-29-22(23-24(27)28-9-10-30(23)25)18-7-4-8-20(14-18)32-15-16-5-2-1-3-6-16/h1-10,14,17,19H,11-13,15H2,(H2,26,31)(H2,27,28)/t17-,19+. The van der Waals surface area contributed by atoms with Crippen LogP contribution in [0.3, 0.4) is 0 Å². The fraction of sp³-hybridized carbons (Fsp3) is 0.240. The average Bonchev–Trinajstić information content (AvgIpc) is 3.16. The number of benzene rings is 2. The SMILES string of the molecule is NC(=O)C[C@H]1C[C@@H](c2nc(-c3cccc(OCc4ccccc4)c3)c3c(N)nccn32)C1. The molecule has 1 saturated carbocycles. The van der Waals surface area contributed by atoms with Crippen LogP contribution >= 0.6 is 0 Å². The van der Waals surface area contributed by atoms with Crippen LogP contribution in [-0.2, 0) is 11.4 Å². The molecule has 1 fully saturated rings. The summed E-state index contributed by atoms with van der Waals surface area (Å²) in [6.45, 7) is 0.493. The van der Waals surface area contributed by atoms with Crippen molar-refractivity contribution < 1.29 is 9.53 Å².